The summed E-state index contributed by atoms with van der Waals surface area (Å²) in [6, 6.07) is 15.0. The van der Waals surface area contributed by atoms with Gasteiger partial charge in [-0.15, -0.1) is 0 Å². The minimum atomic E-state index is -0.598. The molecule has 5 rings (SSSR count). The Morgan fingerprint density at radius 2 is 1.52 bits per heavy atom. The highest BCUT2D eigenvalue weighted by Crippen LogP contribution is 2.53. The van der Waals surface area contributed by atoms with E-state index in [1.807, 2.05) is 48.2 Å². The van der Waals surface area contributed by atoms with Crippen LogP contribution in [0.4, 0.5) is 5.69 Å². The summed E-state index contributed by atoms with van der Waals surface area (Å²) in [5.41, 5.74) is 4.49. The Balaban J connectivity index is 1.83. The molecule has 5 nitrogen and oxygen atoms in total. The maximum absolute atomic E-state index is 13.6. The Bertz CT molecular complexity index is 1270. The Morgan fingerprint density at radius 3 is 2.15 bits per heavy atom. The summed E-state index contributed by atoms with van der Waals surface area (Å²) in [7, 11) is 1.50. The van der Waals surface area contributed by atoms with Gasteiger partial charge in [-0.25, -0.2) is 0 Å². The molecule has 1 unspecified atom stereocenters. The summed E-state index contributed by atoms with van der Waals surface area (Å²) in [6.07, 6.45) is 1.01. The number of nitrogens with zero attached hydrogens (tertiary/aromatic N) is 2. The van der Waals surface area contributed by atoms with Gasteiger partial charge in [-0.1, -0.05) is 55.3 Å². The standard InChI is InChI=1S/C27H25ClN2O3/c1-15-5-11-18(12-6-15)30-19-13-27(2,3)14-20(31)22(19)21(16-7-9-17(28)10-8-16)23-24(30)26(33)29(4)25(23)32/h5-12,21H,13-14H2,1-4H3. The van der Waals surface area contributed by atoms with Crippen molar-refractivity contribution in [3.63, 3.8) is 0 Å². The second kappa shape index (κ2) is 7.42. The number of carbonyl (C=O) groups is 3. The van der Waals surface area contributed by atoms with Crippen LogP contribution in [-0.2, 0) is 14.4 Å². The molecule has 0 radical (unpaired) electrons. The topological polar surface area (TPSA) is 57.7 Å². The van der Waals surface area contributed by atoms with Crippen molar-refractivity contribution in [1.82, 2.24) is 4.90 Å². The summed E-state index contributed by atoms with van der Waals surface area (Å²) in [5, 5.41) is 0.571. The Hall–Kier alpha value is -3.18. The number of benzene rings is 2. The average Bonchev–Trinajstić information content (AvgIpc) is 2.97. The van der Waals surface area contributed by atoms with E-state index in [4.69, 9.17) is 11.6 Å². The highest BCUT2D eigenvalue weighted by molar-refractivity contribution is 6.30. The van der Waals surface area contributed by atoms with E-state index in [9.17, 15) is 14.4 Å². The predicted molar refractivity (Wildman–Crippen MR) is 128 cm³/mol. The first-order chi connectivity index (χ1) is 15.6. The van der Waals surface area contributed by atoms with Crippen LogP contribution in [0.15, 0.2) is 71.1 Å². The lowest BCUT2D eigenvalue weighted by Crippen LogP contribution is -2.41. The molecule has 33 heavy (non-hydrogen) atoms. The smallest absolute Gasteiger partial charge is 0.277 e. The van der Waals surface area contributed by atoms with E-state index in [0.717, 1.165) is 27.4 Å². The van der Waals surface area contributed by atoms with Crippen molar-refractivity contribution in [3.8, 4) is 0 Å². The SMILES string of the molecule is Cc1ccc(N2C3=C(C(=O)CC(C)(C)C3)C(c3ccc(Cl)cc3)C3=C2C(=O)N(C)C3=O)cc1. The van der Waals surface area contributed by atoms with Crippen molar-refractivity contribution >= 4 is 34.9 Å². The molecule has 2 heterocycles. The number of ketones is 1. The molecular formula is C27H25ClN2O3. The highest BCUT2D eigenvalue weighted by Gasteiger charge is 2.52. The number of carbonyl (C=O) groups excluding carboxylic acids is 3. The second-order valence-corrected chi connectivity index (χ2v) is 10.3. The van der Waals surface area contributed by atoms with Crippen molar-refractivity contribution in [3.05, 3.63) is 87.2 Å². The normalized spacial score (nSPS) is 22.2. The molecule has 1 atom stereocenters. The largest absolute Gasteiger partial charge is 0.308 e. The van der Waals surface area contributed by atoms with Crippen LogP contribution in [0.5, 0.6) is 0 Å². The van der Waals surface area contributed by atoms with Gasteiger partial charge in [0.05, 0.1) is 5.57 Å². The molecule has 0 N–H and O–H groups in total. The van der Waals surface area contributed by atoms with Crippen LogP contribution in [0.1, 0.15) is 43.7 Å². The maximum atomic E-state index is 13.6. The summed E-state index contributed by atoms with van der Waals surface area (Å²) in [5.74, 6) is -1.30. The minimum absolute atomic E-state index is 0.0136. The zero-order chi connectivity index (χ0) is 23.7. The van der Waals surface area contributed by atoms with Gasteiger partial charge >= 0.3 is 0 Å². The first-order valence-corrected chi connectivity index (χ1v) is 11.4. The van der Waals surface area contributed by atoms with E-state index >= 15 is 0 Å². The molecule has 0 spiro atoms. The van der Waals surface area contributed by atoms with Crippen LogP contribution in [0.3, 0.4) is 0 Å². The fraction of sp³-hybridized carbons (Fsp3) is 0.296. The zero-order valence-electron chi connectivity index (χ0n) is 19.1. The van der Waals surface area contributed by atoms with Crippen molar-refractivity contribution in [2.75, 3.05) is 11.9 Å². The van der Waals surface area contributed by atoms with E-state index in [1.165, 1.54) is 7.05 Å². The molecule has 6 heteroatoms. The fourth-order valence-corrected chi connectivity index (χ4v) is 5.33. The predicted octanol–water partition coefficient (Wildman–Crippen LogP) is 5.15. The van der Waals surface area contributed by atoms with Gasteiger partial charge < -0.3 is 4.90 Å². The van der Waals surface area contributed by atoms with Gasteiger partial charge in [-0.2, -0.15) is 0 Å². The number of Topliss-reactive ketones (excluding diaryl/α,β-unsaturated/α-hetero) is 1. The van der Waals surface area contributed by atoms with E-state index in [-0.39, 0.29) is 23.0 Å². The Kier molecular flexibility index (Phi) is 4.87. The fourth-order valence-electron chi connectivity index (χ4n) is 5.20. The molecule has 0 saturated heterocycles. The van der Waals surface area contributed by atoms with E-state index in [1.54, 1.807) is 12.1 Å². The third-order valence-corrected chi connectivity index (χ3v) is 7.01. The summed E-state index contributed by atoms with van der Waals surface area (Å²) >= 11 is 6.13. The van der Waals surface area contributed by atoms with E-state index < -0.39 is 5.92 Å². The summed E-state index contributed by atoms with van der Waals surface area (Å²) in [4.78, 5) is 43.5. The molecule has 2 amide bonds. The number of hydrogen-bond acceptors (Lipinski definition) is 4. The lowest BCUT2D eigenvalue weighted by Gasteiger charge is -2.43. The van der Waals surface area contributed by atoms with Crippen LogP contribution in [0.2, 0.25) is 5.02 Å². The number of halogens is 1. The van der Waals surface area contributed by atoms with Crippen molar-refractivity contribution < 1.29 is 14.4 Å². The van der Waals surface area contributed by atoms with Gasteiger partial charge in [0.15, 0.2) is 5.78 Å². The average molecular weight is 461 g/mol. The third kappa shape index (κ3) is 3.34. The van der Waals surface area contributed by atoms with Crippen LogP contribution >= 0.6 is 11.6 Å². The summed E-state index contributed by atoms with van der Waals surface area (Å²) in [6.45, 7) is 6.13. The monoisotopic (exact) mass is 460 g/mol. The molecule has 2 aromatic rings. The molecule has 1 aliphatic carbocycles. The quantitative estimate of drug-likeness (QED) is 0.582. The number of anilines is 1. The first kappa shape index (κ1) is 21.7. The molecule has 2 aromatic carbocycles. The molecular weight excluding hydrogens is 436 g/mol. The van der Waals surface area contributed by atoms with Gasteiger partial charge in [-0.3, -0.25) is 19.3 Å². The van der Waals surface area contributed by atoms with Crippen molar-refractivity contribution in [1.29, 1.82) is 0 Å². The van der Waals surface area contributed by atoms with Crippen LogP contribution in [-0.4, -0.2) is 29.5 Å². The van der Waals surface area contributed by atoms with Crippen LogP contribution in [0, 0.1) is 12.3 Å². The Labute approximate surface area is 198 Å². The number of likely N-dealkylation sites (N-methyl/N-ethyl adjacent to an activating group) is 1. The molecule has 0 saturated carbocycles. The summed E-state index contributed by atoms with van der Waals surface area (Å²) < 4.78 is 0. The van der Waals surface area contributed by atoms with Gasteiger partial charge in [0.1, 0.15) is 5.70 Å². The molecule has 3 aliphatic rings. The molecule has 168 valence electrons. The zero-order valence-corrected chi connectivity index (χ0v) is 19.9. The van der Waals surface area contributed by atoms with Gasteiger partial charge in [0.25, 0.3) is 11.8 Å². The lowest BCUT2D eigenvalue weighted by atomic mass is 9.68. The third-order valence-electron chi connectivity index (χ3n) is 6.76. The number of allylic oxidation sites excluding steroid dienone is 2. The van der Waals surface area contributed by atoms with Crippen LogP contribution < -0.4 is 4.90 Å². The first-order valence-electron chi connectivity index (χ1n) is 11.0. The number of amides is 2. The van der Waals surface area contributed by atoms with Crippen LogP contribution in [0.25, 0.3) is 0 Å². The molecule has 0 aromatic heterocycles. The number of aryl methyl sites for hydroxylation is 1. The van der Waals surface area contributed by atoms with Gasteiger partial charge in [0.2, 0.25) is 0 Å². The Morgan fingerprint density at radius 1 is 0.879 bits per heavy atom. The maximum Gasteiger partial charge on any atom is 0.277 e. The molecule has 0 bridgehead atoms. The second-order valence-electron chi connectivity index (χ2n) is 9.89. The number of rotatable bonds is 2. The van der Waals surface area contributed by atoms with Crippen molar-refractivity contribution in [2.45, 2.75) is 39.5 Å². The van der Waals surface area contributed by atoms with Gasteiger partial charge in [-0.05, 0) is 48.6 Å². The van der Waals surface area contributed by atoms with E-state index in [2.05, 4.69) is 13.8 Å². The van der Waals surface area contributed by atoms with E-state index in [0.29, 0.717) is 34.7 Å². The van der Waals surface area contributed by atoms with Crippen molar-refractivity contribution in [2.24, 2.45) is 5.41 Å². The minimum Gasteiger partial charge on any atom is -0.308 e. The molecule has 2 aliphatic heterocycles. The number of imide groups is 1. The highest BCUT2D eigenvalue weighted by atomic mass is 35.5. The number of hydrogen-bond donors (Lipinski definition) is 0. The molecule has 0 fully saturated rings. The van der Waals surface area contributed by atoms with Gasteiger partial charge in [0, 0.05) is 41.4 Å². The lowest BCUT2D eigenvalue weighted by molar-refractivity contribution is -0.136.